The molecule has 118 valence electrons. The number of nitrogens with zero attached hydrogens (tertiary/aromatic N) is 1. The van der Waals surface area contributed by atoms with Crippen molar-refractivity contribution in [1.29, 1.82) is 0 Å². The number of likely N-dealkylation sites (N-methyl/N-ethyl adjacent to an activating group) is 1. The topological polar surface area (TPSA) is 35.5 Å². The van der Waals surface area contributed by atoms with Gasteiger partial charge in [0.1, 0.15) is 0 Å². The highest BCUT2D eigenvalue weighted by atomic mass is 16.3. The number of hydrogen-bond donors (Lipinski definition) is 2. The molecule has 1 aliphatic rings. The van der Waals surface area contributed by atoms with Crippen molar-refractivity contribution >= 4 is 0 Å². The lowest BCUT2D eigenvalue weighted by atomic mass is 9.89. The number of hydrogen-bond acceptors (Lipinski definition) is 3. The first-order valence-corrected chi connectivity index (χ1v) is 8.28. The first kappa shape index (κ1) is 16.5. The second-order valence-corrected chi connectivity index (χ2v) is 6.56. The van der Waals surface area contributed by atoms with E-state index < -0.39 is 0 Å². The molecule has 0 spiro atoms. The Balaban J connectivity index is 2.24. The van der Waals surface area contributed by atoms with Crippen LogP contribution >= 0.6 is 0 Å². The summed E-state index contributed by atoms with van der Waals surface area (Å²) in [5.74, 6) is 0.668. The van der Waals surface area contributed by atoms with E-state index >= 15 is 0 Å². The van der Waals surface area contributed by atoms with Crippen LogP contribution in [-0.2, 0) is 5.54 Å². The molecule has 0 radical (unpaired) electrons. The predicted octanol–water partition coefficient (Wildman–Crippen LogP) is 2.60. The van der Waals surface area contributed by atoms with E-state index in [0.29, 0.717) is 12.0 Å². The summed E-state index contributed by atoms with van der Waals surface area (Å²) in [5, 5.41) is 13.7. The van der Waals surface area contributed by atoms with Crippen LogP contribution in [0.4, 0.5) is 0 Å². The van der Waals surface area contributed by atoms with Gasteiger partial charge >= 0.3 is 0 Å². The maximum atomic E-state index is 10.2. The van der Waals surface area contributed by atoms with Gasteiger partial charge in [-0.3, -0.25) is 4.90 Å². The third-order valence-electron chi connectivity index (χ3n) is 4.77. The molecule has 3 nitrogen and oxygen atoms in total. The summed E-state index contributed by atoms with van der Waals surface area (Å²) in [6, 6.07) is 11.0. The molecule has 0 aliphatic carbocycles. The van der Waals surface area contributed by atoms with E-state index in [-0.39, 0.29) is 12.1 Å². The highest BCUT2D eigenvalue weighted by Gasteiger charge is 2.37. The van der Waals surface area contributed by atoms with Crippen LogP contribution in [0.1, 0.15) is 39.2 Å². The standard InChI is InChI=1S/C18H30N2O/c1-4-19-18(14-21,16-9-6-5-7-10-16)13-20-12-8-11-17(20)15(2)3/h5-7,9-10,15,17,19,21H,4,8,11-14H2,1-3H3. The highest BCUT2D eigenvalue weighted by Crippen LogP contribution is 2.29. The molecular weight excluding hydrogens is 260 g/mol. The number of rotatable bonds is 7. The summed E-state index contributed by atoms with van der Waals surface area (Å²) in [7, 11) is 0. The van der Waals surface area contributed by atoms with E-state index in [2.05, 4.69) is 55.3 Å². The van der Waals surface area contributed by atoms with Gasteiger partial charge < -0.3 is 10.4 Å². The number of aliphatic hydroxyl groups excluding tert-OH is 1. The van der Waals surface area contributed by atoms with Gasteiger partial charge in [-0.2, -0.15) is 0 Å². The van der Waals surface area contributed by atoms with E-state index in [1.54, 1.807) is 0 Å². The number of likely N-dealkylation sites (tertiary alicyclic amines) is 1. The fourth-order valence-electron chi connectivity index (χ4n) is 3.69. The smallest absolute Gasteiger partial charge is 0.0797 e. The van der Waals surface area contributed by atoms with E-state index in [1.807, 2.05) is 6.07 Å². The van der Waals surface area contributed by atoms with Crippen molar-refractivity contribution in [2.24, 2.45) is 5.92 Å². The lowest BCUT2D eigenvalue weighted by molar-refractivity contribution is 0.0900. The van der Waals surface area contributed by atoms with Crippen LogP contribution in [0.15, 0.2) is 30.3 Å². The molecule has 1 aromatic rings. The average Bonchev–Trinajstić information content (AvgIpc) is 2.96. The third-order valence-corrected chi connectivity index (χ3v) is 4.77. The molecule has 0 bridgehead atoms. The Morgan fingerprint density at radius 3 is 2.62 bits per heavy atom. The van der Waals surface area contributed by atoms with Gasteiger partial charge in [0.2, 0.25) is 0 Å². The van der Waals surface area contributed by atoms with Crippen molar-refractivity contribution < 1.29 is 5.11 Å². The maximum absolute atomic E-state index is 10.2. The minimum atomic E-state index is -0.354. The molecule has 0 saturated carbocycles. The Morgan fingerprint density at radius 2 is 2.05 bits per heavy atom. The van der Waals surface area contributed by atoms with Gasteiger partial charge in [0, 0.05) is 12.6 Å². The first-order valence-electron chi connectivity index (χ1n) is 8.28. The fraction of sp³-hybridized carbons (Fsp3) is 0.667. The lowest BCUT2D eigenvalue weighted by Crippen LogP contribution is -2.55. The highest BCUT2D eigenvalue weighted by molar-refractivity contribution is 5.25. The SMILES string of the molecule is CCNC(CO)(CN1CCCC1C(C)C)c1ccccc1. The van der Waals surface area contributed by atoms with Crippen LogP contribution in [0.5, 0.6) is 0 Å². The summed E-state index contributed by atoms with van der Waals surface area (Å²) in [6.45, 7) is 9.73. The van der Waals surface area contributed by atoms with Crippen LogP contribution in [0.2, 0.25) is 0 Å². The summed E-state index contributed by atoms with van der Waals surface area (Å²) in [6.07, 6.45) is 2.55. The van der Waals surface area contributed by atoms with Gasteiger partial charge in [0.05, 0.1) is 12.1 Å². The number of aliphatic hydroxyl groups is 1. The zero-order chi connectivity index (χ0) is 15.3. The normalized spacial score (nSPS) is 22.6. The summed E-state index contributed by atoms with van der Waals surface area (Å²) < 4.78 is 0. The van der Waals surface area contributed by atoms with Crippen LogP contribution in [-0.4, -0.2) is 42.3 Å². The van der Waals surface area contributed by atoms with Crippen molar-refractivity contribution in [1.82, 2.24) is 10.2 Å². The lowest BCUT2D eigenvalue weighted by Gasteiger charge is -2.40. The number of nitrogens with one attached hydrogen (secondary N) is 1. The minimum absolute atomic E-state index is 0.131. The molecule has 3 heteroatoms. The van der Waals surface area contributed by atoms with Gasteiger partial charge in [-0.1, -0.05) is 51.1 Å². The largest absolute Gasteiger partial charge is 0.394 e. The second kappa shape index (κ2) is 7.39. The van der Waals surface area contributed by atoms with Gasteiger partial charge in [-0.25, -0.2) is 0 Å². The zero-order valence-corrected chi connectivity index (χ0v) is 13.7. The van der Waals surface area contributed by atoms with E-state index in [1.165, 1.54) is 18.4 Å². The van der Waals surface area contributed by atoms with Crippen molar-refractivity contribution in [3.63, 3.8) is 0 Å². The molecule has 1 fully saturated rings. The molecule has 1 saturated heterocycles. The Labute approximate surface area is 129 Å². The van der Waals surface area contributed by atoms with Crippen LogP contribution in [0.25, 0.3) is 0 Å². The molecule has 0 aromatic heterocycles. The first-order chi connectivity index (χ1) is 10.1. The summed E-state index contributed by atoms with van der Waals surface area (Å²) in [4.78, 5) is 2.57. The van der Waals surface area contributed by atoms with Gasteiger partial charge in [-0.15, -0.1) is 0 Å². The van der Waals surface area contributed by atoms with E-state index in [9.17, 15) is 5.11 Å². The molecule has 1 heterocycles. The van der Waals surface area contributed by atoms with Crippen LogP contribution < -0.4 is 5.32 Å². The Morgan fingerprint density at radius 1 is 1.33 bits per heavy atom. The molecule has 2 rings (SSSR count). The van der Waals surface area contributed by atoms with Crippen molar-refractivity contribution in [2.75, 3.05) is 26.2 Å². The zero-order valence-electron chi connectivity index (χ0n) is 13.7. The third kappa shape index (κ3) is 3.65. The Kier molecular flexibility index (Phi) is 5.80. The van der Waals surface area contributed by atoms with Crippen molar-refractivity contribution in [2.45, 2.75) is 45.2 Å². The molecule has 1 aromatic carbocycles. The van der Waals surface area contributed by atoms with Crippen molar-refractivity contribution in [3.8, 4) is 0 Å². The minimum Gasteiger partial charge on any atom is -0.394 e. The second-order valence-electron chi connectivity index (χ2n) is 6.56. The molecule has 21 heavy (non-hydrogen) atoms. The molecule has 2 unspecified atom stereocenters. The van der Waals surface area contributed by atoms with Gasteiger partial charge in [0.25, 0.3) is 0 Å². The van der Waals surface area contributed by atoms with Crippen LogP contribution in [0.3, 0.4) is 0 Å². The summed E-state index contributed by atoms with van der Waals surface area (Å²) in [5.41, 5.74) is 0.830. The van der Waals surface area contributed by atoms with Crippen LogP contribution in [0, 0.1) is 5.92 Å². The molecule has 0 amide bonds. The average molecular weight is 290 g/mol. The van der Waals surface area contributed by atoms with E-state index in [0.717, 1.165) is 19.6 Å². The molecular formula is C18H30N2O. The number of benzene rings is 1. The Hall–Kier alpha value is -0.900. The Bertz CT molecular complexity index is 420. The molecule has 1 aliphatic heterocycles. The fourth-order valence-corrected chi connectivity index (χ4v) is 3.69. The monoisotopic (exact) mass is 290 g/mol. The van der Waals surface area contributed by atoms with Gasteiger partial charge in [-0.05, 0) is 37.4 Å². The quantitative estimate of drug-likeness (QED) is 0.810. The predicted molar refractivity (Wildman–Crippen MR) is 88.3 cm³/mol. The van der Waals surface area contributed by atoms with E-state index in [4.69, 9.17) is 0 Å². The maximum Gasteiger partial charge on any atom is 0.0797 e. The molecule has 2 atom stereocenters. The molecule has 2 N–H and O–H groups in total. The summed E-state index contributed by atoms with van der Waals surface area (Å²) >= 11 is 0. The van der Waals surface area contributed by atoms with Gasteiger partial charge in [0.15, 0.2) is 0 Å². The van der Waals surface area contributed by atoms with Crippen molar-refractivity contribution in [3.05, 3.63) is 35.9 Å².